The van der Waals surface area contributed by atoms with Gasteiger partial charge in [0.15, 0.2) is 5.82 Å². The van der Waals surface area contributed by atoms with Crippen molar-refractivity contribution in [1.82, 2.24) is 19.8 Å². The third-order valence-corrected chi connectivity index (χ3v) is 10.3. The summed E-state index contributed by atoms with van der Waals surface area (Å²) in [6.07, 6.45) is 2.45. The molecule has 1 amide bonds. The number of fused-ring (bicyclic) bond motifs is 3. The average Bonchev–Trinajstić information content (AvgIpc) is 3.69. The normalized spacial score (nSPS) is 21.0. The molecule has 4 aromatic rings. The smallest absolute Gasteiger partial charge is 0.225 e. The lowest BCUT2D eigenvalue weighted by Crippen LogP contribution is -2.34. The minimum absolute atomic E-state index is 0.0806. The van der Waals surface area contributed by atoms with Gasteiger partial charge in [0.05, 0.1) is 33.7 Å². The summed E-state index contributed by atoms with van der Waals surface area (Å²) < 4.78 is 19.2. The summed E-state index contributed by atoms with van der Waals surface area (Å²) in [6, 6.07) is 11.6. The van der Waals surface area contributed by atoms with Crippen molar-refractivity contribution < 1.29 is 9.18 Å². The third kappa shape index (κ3) is 4.98. The highest BCUT2D eigenvalue weighted by Gasteiger charge is 2.38. The van der Waals surface area contributed by atoms with Gasteiger partial charge in [0.2, 0.25) is 5.91 Å². The Balaban J connectivity index is 1.69. The zero-order chi connectivity index (χ0) is 30.7. The Kier molecular flexibility index (Phi) is 7.91. The predicted octanol–water partition coefficient (Wildman–Crippen LogP) is 8.17. The van der Waals surface area contributed by atoms with Crippen LogP contribution in [0.1, 0.15) is 69.1 Å². The van der Waals surface area contributed by atoms with Gasteiger partial charge in [0.25, 0.3) is 0 Å². The molecule has 0 unspecified atom stereocenters. The molecule has 1 N–H and O–H groups in total. The number of hydrogen-bond donors (Lipinski definition) is 1. The molecular formula is C34H36Cl2FN5O. The maximum absolute atomic E-state index is 16.9. The minimum Gasteiger partial charge on any atom is -0.337 e. The highest BCUT2D eigenvalue weighted by molar-refractivity contribution is 6.43. The quantitative estimate of drug-likeness (QED) is 0.226. The van der Waals surface area contributed by atoms with Crippen LogP contribution in [0.2, 0.25) is 10.0 Å². The van der Waals surface area contributed by atoms with Crippen molar-refractivity contribution in [3.05, 3.63) is 63.1 Å². The molecule has 9 heteroatoms. The highest BCUT2D eigenvalue weighted by atomic mass is 35.5. The topological polar surface area (TPSA) is 74.0 Å². The largest absolute Gasteiger partial charge is 0.337 e. The van der Waals surface area contributed by atoms with Crippen molar-refractivity contribution in [2.24, 2.45) is 11.8 Å². The second-order valence-electron chi connectivity index (χ2n) is 12.3. The van der Waals surface area contributed by atoms with E-state index in [0.29, 0.717) is 45.1 Å². The van der Waals surface area contributed by atoms with E-state index in [0.717, 1.165) is 36.0 Å². The Morgan fingerprint density at radius 2 is 2.00 bits per heavy atom. The van der Waals surface area contributed by atoms with Crippen molar-refractivity contribution in [3.8, 4) is 17.2 Å². The molecule has 2 aromatic carbocycles. The fraction of sp³-hybridized carbons (Fsp3) is 0.441. The van der Waals surface area contributed by atoms with Crippen LogP contribution in [0.4, 0.5) is 4.39 Å². The number of benzene rings is 2. The second-order valence-corrected chi connectivity index (χ2v) is 13.1. The molecule has 224 valence electrons. The Hall–Kier alpha value is -3.18. The molecular weight excluding hydrogens is 584 g/mol. The van der Waals surface area contributed by atoms with Crippen LogP contribution in [0.5, 0.6) is 0 Å². The predicted molar refractivity (Wildman–Crippen MR) is 171 cm³/mol. The standard InChI is InChI=1S/C34H36Cl2FN5O/c1-17-16-39-19(3)32(17)42-27(20(4)41(5)34(43)21-11-12-21)15-24-18(2)40-31-25(33(24)42)14-22(8-7-13-38)28(30(31)37)23-9-6-10-26(35)29(23)36/h6,9-10,14-15,17,19-21,32,39H,7-8,11-12,16H2,1-5H3/t17-,19-,20-,32+/m1/s1. The zero-order valence-electron chi connectivity index (χ0n) is 25.1. The number of carbonyl (C=O) groups excluding carboxylic acids is 1. The van der Waals surface area contributed by atoms with Gasteiger partial charge in [-0.2, -0.15) is 5.26 Å². The number of nitrogens with one attached hydrogen (secondary N) is 1. The van der Waals surface area contributed by atoms with Crippen LogP contribution < -0.4 is 5.32 Å². The van der Waals surface area contributed by atoms with E-state index < -0.39 is 5.82 Å². The molecule has 2 fully saturated rings. The second kappa shape index (κ2) is 11.4. The number of carbonyl (C=O) groups is 1. The van der Waals surface area contributed by atoms with Gasteiger partial charge >= 0.3 is 0 Å². The van der Waals surface area contributed by atoms with Gasteiger partial charge in [-0.3, -0.25) is 4.79 Å². The summed E-state index contributed by atoms with van der Waals surface area (Å²) in [4.78, 5) is 19.9. The van der Waals surface area contributed by atoms with Crippen LogP contribution in [-0.4, -0.2) is 40.0 Å². The number of aryl methyl sites for hydroxylation is 2. The van der Waals surface area contributed by atoms with E-state index in [1.807, 2.05) is 24.9 Å². The molecule has 0 bridgehead atoms. The van der Waals surface area contributed by atoms with Crippen LogP contribution in [0.15, 0.2) is 30.3 Å². The maximum atomic E-state index is 16.9. The Bertz CT molecular complexity index is 1800. The van der Waals surface area contributed by atoms with Crippen molar-refractivity contribution in [3.63, 3.8) is 0 Å². The highest BCUT2D eigenvalue weighted by Crippen LogP contribution is 2.45. The number of halogens is 3. The van der Waals surface area contributed by atoms with E-state index in [-0.39, 0.29) is 46.9 Å². The number of nitriles is 1. The first kappa shape index (κ1) is 29.9. The van der Waals surface area contributed by atoms with Crippen LogP contribution in [-0.2, 0) is 11.2 Å². The van der Waals surface area contributed by atoms with Crippen molar-refractivity contribution in [1.29, 1.82) is 5.26 Å². The van der Waals surface area contributed by atoms with Gasteiger partial charge in [-0.05, 0) is 69.7 Å². The molecule has 2 aromatic heterocycles. The molecule has 6 rings (SSSR count). The summed E-state index contributed by atoms with van der Waals surface area (Å²) in [5.74, 6) is 0.0992. The van der Waals surface area contributed by atoms with Crippen LogP contribution in [0, 0.1) is 35.9 Å². The number of aromatic nitrogens is 2. The van der Waals surface area contributed by atoms with E-state index in [9.17, 15) is 10.1 Å². The molecule has 1 saturated carbocycles. The lowest BCUT2D eigenvalue weighted by atomic mass is 9.93. The molecule has 6 nitrogen and oxygen atoms in total. The van der Waals surface area contributed by atoms with E-state index in [1.54, 1.807) is 18.2 Å². The SMILES string of the molecule is Cc1nc2c(F)c(-c3cccc(Cl)c3Cl)c(CCC#N)cc2c2c1cc([C@@H](C)N(C)C(=O)C1CC1)n2[C@H]1[C@H](C)CN[C@@H]1C. The molecule has 1 aliphatic carbocycles. The van der Waals surface area contributed by atoms with Gasteiger partial charge in [-0.1, -0.05) is 42.3 Å². The van der Waals surface area contributed by atoms with Gasteiger partial charge in [-0.25, -0.2) is 9.37 Å². The van der Waals surface area contributed by atoms with Crippen LogP contribution >= 0.6 is 23.2 Å². The third-order valence-electron chi connectivity index (χ3n) is 9.48. The zero-order valence-corrected chi connectivity index (χ0v) is 26.7. The van der Waals surface area contributed by atoms with Crippen molar-refractivity contribution >= 4 is 50.9 Å². The molecule has 2 aliphatic rings. The van der Waals surface area contributed by atoms with Crippen molar-refractivity contribution in [2.75, 3.05) is 13.6 Å². The molecule has 1 saturated heterocycles. The fourth-order valence-corrected chi connectivity index (χ4v) is 7.31. The lowest BCUT2D eigenvalue weighted by Gasteiger charge is -2.31. The van der Waals surface area contributed by atoms with Gasteiger partial charge in [-0.15, -0.1) is 0 Å². The van der Waals surface area contributed by atoms with Gasteiger partial charge in [0.1, 0.15) is 5.52 Å². The molecule has 4 atom stereocenters. The van der Waals surface area contributed by atoms with E-state index in [4.69, 9.17) is 28.2 Å². The Morgan fingerprint density at radius 1 is 1.26 bits per heavy atom. The molecule has 0 spiro atoms. The average molecular weight is 621 g/mol. The fourth-order valence-electron chi connectivity index (χ4n) is 6.92. The van der Waals surface area contributed by atoms with Gasteiger partial charge < -0.3 is 14.8 Å². The molecule has 43 heavy (non-hydrogen) atoms. The van der Waals surface area contributed by atoms with E-state index in [1.165, 1.54) is 0 Å². The van der Waals surface area contributed by atoms with E-state index in [2.05, 4.69) is 42.8 Å². The van der Waals surface area contributed by atoms with E-state index >= 15 is 4.39 Å². The molecule has 1 aliphatic heterocycles. The first-order valence-electron chi connectivity index (χ1n) is 15.0. The first-order valence-corrected chi connectivity index (χ1v) is 15.8. The number of hydrogen-bond acceptors (Lipinski definition) is 4. The minimum atomic E-state index is -0.478. The summed E-state index contributed by atoms with van der Waals surface area (Å²) in [6.45, 7) is 9.26. The summed E-state index contributed by atoms with van der Waals surface area (Å²) in [7, 11) is 1.89. The summed E-state index contributed by atoms with van der Waals surface area (Å²) in [5, 5.41) is 15.3. The Labute approximate surface area is 261 Å². The number of amides is 1. The Morgan fingerprint density at radius 3 is 2.65 bits per heavy atom. The number of rotatable bonds is 7. The van der Waals surface area contributed by atoms with Crippen molar-refractivity contribution in [2.45, 2.75) is 71.5 Å². The molecule has 3 heterocycles. The molecule has 0 radical (unpaired) electrons. The number of nitrogens with zero attached hydrogens (tertiary/aromatic N) is 4. The van der Waals surface area contributed by atoms with Crippen LogP contribution in [0.3, 0.4) is 0 Å². The number of pyridine rings is 1. The summed E-state index contributed by atoms with van der Waals surface area (Å²) in [5.41, 5.74) is 4.37. The summed E-state index contributed by atoms with van der Waals surface area (Å²) >= 11 is 13.0. The maximum Gasteiger partial charge on any atom is 0.225 e. The van der Waals surface area contributed by atoms with Gasteiger partial charge in [0, 0.05) is 65.3 Å². The monoisotopic (exact) mass is 619 g/mol. The van der Waals surface area contributed by atoms with Crippen LogP contribution in [0.25, 0.3) is 32.9 Å². The first-order chi connectivity index (χ1) is 20.5. The lowest BCUT2D eigenvalue weighted by molar-refractivity contribution is -0.133.